The Morgan fingerprint density at radius 1 is 1.21 bits per heavy atom. The van der Waals surface area contributed by atoms with Crippen molar-refractivity contribution in [2.24, 2.45) is 5.41 Å². The molecule has 1 heterocycles. The van der Waals surface area contributed by atoms with Crippen LogP contribution >= 0.6 is 15.9 Å². The number of rotatable bonds is 6. The number of esters is 1. The Bertz CT molecular complexity index is 867. The van der Waals surface area contributed by atoms with Crippen molar-refractivity contribution in [1.29, 1.82) is 0 Å². The number of halogens is 1. The molecular weight excluding hydrogens is 434 g/mol. The second kappa shape index (κ2) is 8.84. The molecule has 156 valence electrons. The number of nitrogens with one attached hydrogen (secondary N) is 1. The van der Waals surface area contributed by atoms with Crippen LogP contribution in [0.25, 0.3) is 0 Å². The first-order valence-electron chi connectivity index (χ1n) is 9.98. The van der Waals surface area contributed by atoms with Gasteiger partial charge in [0.2, 0.25) is 0 Å². The summed E-state index contributed by atoms with van der Waals surface area (Å²) in [6, 6.07) is 7.78. The van der Waals surface area contributed by atoms with E-state index >= 15 is 0 Å². The van der Waals surface area contributed by atoms with Crippen molar-refractivity contribution in [1.82, 2.24) is 5.32 Å². The van der Waals surface area contributed by atoms with Crippen molar-refractivity contribution in [3.05, 3.63) is 56.8 Å². The first kappa shape index (κ1) is 21.8. The molecule has 3 rings (SSSR count). The summed E-state index contributed by atoms with van der Waals surface area (Å²) in [4.78, 5) is 26.2. The molecule has 0 amide bonds. The van der Waals surface area contributed by atoms with Gasteiger partial charge >= 0.3 is 5.97 Å². The number of benzene rings is 1. The van der Waals surface area contributed by atoms with E-state index in [1.54, 1.807) is 0 Å². The maximum Gasteiger partial charge on any atom is 0.336 e. The van der Waals surface area contributed by atoms with Gasteiger partial charge in [-0.15, -0.1) is 0 Å². The van der Waals surface area contributed by atoms with E-state index in [-0.39, 0.29) is 17.8 Å². The van der Waals surface area contributed by atoms with Crippen LogP contribution in [0.15, 0.2) is 51.3 Å². The number of dihydropyridines is 1. The van der Waals surface area contributed by atoms with Crippen molar-refractivity contribution >= 4 is 27.7 Å². The van der Waals surface area contributed by atoms with Crippen molar-refractivity contribution < 1.29 is 19.1 Å². The quantitative estimate of drug-likeness (QED) is 0.493. The number of allylic oxidation sites excluding steroid dienone is 3. The molecule has 0 spiro atoms. The van der Waals surface area contributed by atoms with Crippen LogP contribution in [0.1, 0.15) is 52.0 Å². The van der Waals surface area contributed by atoms with Crippen molar-refractivity contribution in [2.45, 2.75) is 46.5 Å². The van der Waals surface area contributed by atoms with Crippen molar-refractivity contribution in [3.63, 3.8) is 0 Å². The Kier molecular flexibility index (Phi) is 6.64. The van der Waals surface area contributed by atoms with Gasteiger partial charge in [0, 0.05) is 40.4 Å². The van der Waals surface area contributed by atoms with Crippen LogP contribution in [-0.2, 0) is 19.1 Å². The van der Waals surface area contributed by atoms with Crippen molar-refractivity contribution in [3.8, 4) is 0 Å². The second-order valence-electron chi connectivity index (χ2n) is 8.31. The van der Waals surface area contributed by atoms with E-state index < -0.39 is 11.9 Å². The summed E-state index contributed by atoms with van der Waals surface area (Å²) in [6.45, 7) is 9.08. The predicted octanol–water partition coefficient (Wildman–Crippen LogP) is 4.63. The molecule has 1 aromatic carbocycles. The highest BCUT2D eigenvalue weighted by molar-refractivity contribution is 9.10. The van der Waals surface area contributed by atoms with Crippen LogP contribution < -0.4 is 5.32 Å². The van der Waals surface area contributed by atoms with Crippen LogP contribution in [-0.4, -0.2) is 31.6 Å². The molecule has 29 heavy (non-hydrogen) atoms. The van der Waals surface area contributed by atoms with Gasteiger partial charge in [0.05, 0.1) is 12.2 Å². The fourth-order valence-corrected chi connectivity index (χ4v) is 4.37. The van der Waals surface area contributed by atoms with Gasteiger partial charge in [-0.3, -0.25) is 4.79 Å². The van der Waals surface area contributed by atoms with Gasteiger partial charge in [0.25, 0.3) is 0 Å². The van der Waals surface area contributed by atoms with E-state index in [0.29, 0.717) is 30.8 Å². The number of hydrogen-bond acceptors (Lipinski definition) is 5. The molecule has 0 aromatic heterocycles. The largest absolute Gasteiger partial charge is 0.460 e. The lowest BCUT2D eigenvalue weighted by Gasteiger charge is -2.39. The first-order valence-corrected chi connectivity index (χ1v) is 10.8. The molecule has 1 aromatic rings. The van der Waals surface area contributed by atoms with Gasteiger partial charge in [-0.25, -0.2) is 4.79 Å². The molecule has 2 aliphatic rings. The Morgan fingerprint density at radius 3 is 2.55 bits per heavy atom. The zero-order valence-corrected chi connectivity index (χ0v) is 19.0. The molecule has 0 bridgehead atoms. The summed E-state index contributed by atoms with van der Waals surface area (Å²) >= 11 is 3.46. The lowest BCUT2D eigenvalue weighted by Crippen LogP contribution is -2.38. The predicted molar refractivity (Wildman–Crippen MR) is 115 cm³/mol. The number of ether oxygens (including phenoxy) is 2. The lowest BCUT2D eigenvalue weighted by atomic mass is 9.68. The maximum absolute atomic E-state index is 13.2. The molecule has 0 saturated carbocycles. The fourth-order valence-electron chi connectivity index (χ4n) is 4.11. The lowest BCUT2D eigenvalue weighted by molar-refractivity contribution is -0.140. The minimum absolute atomic E-state index is 0.0868. The topological polar surface area (TPSA) is 64.6 Å². The average molecular weight is 462 g/mol. The Labute approximate surface area is 180 Å². The number of hydrogen-bond donors (Lipinski definition) is 1. The number of carbonyl (C=O) groups is 2. The first-order chi connectivity index (χ1) is 13.7. The summed E-state index contributed by atoms with van der Waals surface area (Å²) in [5.41, 5.74) is 3.64. The van der Waals surface area contributed by atoms with Gasteiger partial charge in [0.1, 0.15) is 6.61 Å². The molecule has 0 fully saturated rings. The van der Waals surface area contributed by atoms with Gasteiger partial charge in [-0.1, -0.05) is 41.9 Å². The molecular formula is C23H28BrNO4. The second-order valence-corrected chi connectivity index (χ2v) is 9.23. The van der Waals surface area contributed by atoms with E-state index in [1.807, 2.05) is 38.1 Å². The normalized spacial score (nSPS) is 21.0. The van der Waals surface area contributed by atoms with E-state index in [0.717, 1.165) is 27.9 Å². The molecule has 6 heteroatoms. The van der Waals surface area contributed by atoms with Gasteiger partial charge in [-0.05, 0) is 43.4 Å². The standard InChI is InChI=1S/C23H28BrNO4/c1-5-28-10-11-29-22(27)19-14(2)25-17-12-23(3,4)13-18(26)21(17)20(19)15-6-8-16(24)9-7-15/h6-9,20,25H,5,10-13H2,1-4H3/t20-/m1/s1. The summed E-state index contributed by atoms with van der Waals surface area (Å²) in [7, 11) is 0. The highest BCUT2D eigenvalue weighted by Gasteiger charge is 2.43. The number of ketones is 1. The molecule has 1 N–H and O–H groups in total. The number of carbonyl (C=O) groups excluding carboxylic acids is 2. The minimum Gasteiger partial charge on any atom is -0.460 e. The molecule has 5 nitrogen and oxygen atoms in total. The van der Waals surface area contributed by atoms with Crippen LogP contribution in [0.5, 0.6) is 0 Å². The SMILES string of the molecule is CCOCCOC(=O)C1=C(C)NC2=C(C(=O)CC(C)(C)C2)[C@@H]1c1ccc(Br)cc1. The third kappa shape index (κ3) is 4.81. The smallest absolute Gasteiger partial charge is 0.336 e. The van der Waals surface area contributed by atoms with Gasteiger partial charge < -0.3 is 14.8 Å². The summed E-state index contributed by atoms with van der Waals surface area (Å²) in [5.74, 6) is -0.752. The third-order valence-corrected chi connectivity index (χ3v) is 5.86. The van der Waals surface area contributed by atoms with Crippen molar-refractivity contribution in [2.75, 3.05) is 19.8 Å². The molecule has 1 atom stereocenters. The zero-order valence-electron chi connectivity index (χ0n) is 17.4. The molecule has 0 saturated heterocycles. The maximum atomic E-state index is 13.2. The summed E-state index contributed by atoms with van der Waals surface area (Å²) in [6.07, 6.45) is 1.23. The monoisotopic (exact) mass is 461 g/mol. The van der Waals surface area contributed by atoms with Gasteiger partial charge in [0.15, 0.2) is 5.78 Å². The van der Waals surface area contributed by atoms with E-state index in [9.17, 15) is 9.59 Å². The van der Waals surface area contributed by atoms with Gasteiger partial charge in [-0.2, -0.15) is 0 Å². The summed E-state index contributed by atoms with van der Waals surface area (Å²) < 4.78 is 11.7. The molecule has 1 aliphatic carbocycles. The Morgan fingerprint density at radius 2 is 1.90 bits per heavy atom. The van der Waals surface area contributed by atoms with Crippen LogP contribution in [0.2, 0.25) is 0 Å². The van der Waals surface area contributed by atoms with E-state index in [2.05, 4.69) is 35.1 Å². The van der Waals surface area contributed by atoms with Crippen LogP contribution in [0.3, 0.4) is 0 Å². The fraction of sp³-hybridized carbons (Fsp3) is 0.478. The van der Waals surface area contributed by atoms with Crippen LogP contribution in [0.4, 0.5) is 0 Å². The average Bonchev–Trinajstić information content (AvgIpc) is 2.63. The van der Waals surface area contributed by atoms with E-state index in [1.165, 1.54) is 0 Å². The number of Topliss-reactive ketones (excluding diaryl/α,β-unsaturated/α-hetero) is 1. The summed E-state index contributed by atoms with van der Waals surface area (Å²) in [5, 5.41) is 3.35. The molecule has 0 unspecified atom stereocenters. The third-order valence-electron chi connectivity index (χ3n) is 5.33. The highest BCUT2D eigenvalue weighted by atomic mass is 79.9. The molecule has 1 aliphatic heterocycles. The van der Waals surface area contributed by atoms with E-state index in [4.69, 9.17) is 9.47 Å². The highest BCUT2D eigenvalue weighted by Crippen LogP contribution is 2.46. The Balaban J connectivity index is 2.01. The van der Waals surface area contributed by atoms with Crippen LogP contribution in [0, 0.1) is 5.41 Å². The Hall–Kier alpha value is -1.92. The molecule has 0 radical (unpaired) electrons. The zero-order chi connectivity index (χ0) is 21.2. The minimum atomic E-state index is -0.428.